The Labute approximate surface area is 162 Å². The van der Waals surface area contributed by atoms with E-state index in [0.29, 0.717) is 24.6 Å². The van der Waals surface area contributed by atoms with Crippen LogP contribution < -0.4 is 5.32 Å². The van der Waals surface area contributed by atoms with Crippen LogP contribution in [0.3, 0.4) is 0 Å². The van der Waals surface area contributed by atoms with Gasteiger partial charge in [-0.3, -0.25) is 4.79 Å². The van der Waals surface area contributed by atoms with E-state index < -0.39 is 0 Å². The summed E-state index contributed by atoms with van der Waals surface area (Å²) in [5, 5.41) is 12.1. The van der Waals surface area contributed by atoms with Crippen molar-refractivity contribution in [2.24, 2.45) is 7.05 Å². The molecular formula is C19H23FN4O2S. The molecule has 1 aromatic heterocycles. The van der Waals surface area contributed by atoms with Crippen LogP contribution in [0.4, 0.5) is 4.39 Å². The Kier molecular flexibility index (Phi) is 7.00. The van der Waals surface area contributed by atoms with Gasteiger partial charge in [0.05, 0.1) is 6.10 Å². The van der Waals surface area contributed by atoms with Crippen LogP contribution in [0.2, 0.25) is 0 Å². The van der Waals surface area contributed by atoms with E-state index in [1.165, 1.54) is 18.2 Å². The number of hydrogen-bond acceptors (Lipinski definition) is 5. The topological polar surface area (TPSA) is 69.0 Å². The Bertz CT molecular complexity index is 803. The number of benzene rings is 1. The van der Waals surface area contributed by atoms with Crippen LogP contribution >= 0.6 is 11.8 Å². The van der Waals surface area contributed by atoms with Crippen LogP contribution in [0.5, 0.6) is 0 Å². The largest absolute Gasteiger partial charge is 0.377 e. The Morgan fingerprint density at radius 3 is 3.15 bits per heavy atom. The lowest BCUT2D eigenvalue weighted by molar-refractivity contribution is -0.116. The first-order valence-electron chi connectivity index (χ1n) is 8.96. The summed E-state index contributed by atoms with van der Waals surface area (Å²) in [5.41, 5.74) is 0.645. The Morgan fingerprint density at radius 1 is 1.48 bits per heavy atom. The summed E-state index contributed by atoms with van der Waals surface area (Å²) in [5.74, 6) is 1.15. The van der Waals surface area contributed by atoms with Crippen LogP contribution in [0, 0.1) is 5.82 Å². The quantitative estimate of drug-likeness (QED) is 0.554. The van der Waals surface area contributed by atoms with Gasteiger partial charge in [-0.05, 0) is 36.6 Å². The SMILES string of the molecule is Cn1c(CCNC(=O)C=Cc2cccc(F)c2)nnc1SCC1CCCO1. The van der Waals surface area contributed by atoms with Gasteiger partial charge in [-0.15, -0.1) is 10.2 Å². The molecule has 2 heterocycles. The second-order valence-electron chi connectivity index (χ2n) is 6.33. The monoisotopic (exact) mass is 390 g/mol. The van der Waals surface area contributed by atoms with Crippen molar-refractivity contribution in [3.63, 3.8) is 0 Å². The highest BCUT2D eigenvalue weighted by atomic mass is 32.2. The molecule has 27 heavy (non-hydrogen) atoms. The third-order valence-electron chi connectivity index (χ3n) is 4.27. The molecule has 0 saturated carbocycles. The molecule has 0 bridgehead atoms. The van der Waals surface area contributed by atoms with E-state index in [2.05, 4.69) is 15.5 Å². The normalized spacial score (nSPS) is 16.9. The lowest BCUT2D eigenvalue weighted by Crippen LogP contribution is -2.24. The first kappa shape index (κ1) is 19.6. The summed E-state index contributed by atoms with van der Waals surface area (Å²) in [4.78, 5) is 11.9. The van der Waals surface area contributed by atoms with Gasteiger partial charge in [0.15, 0.2) is 5.16 Å². The van der Waals surface area contributed by atoms with Gasteiger partial charge >= 0.3 is 0 Å². The van der Waals surface area contributed by atoms with Crippen LogP contribution in [0.25, 0.3) is 6.08 Å². The van der Waals surface area contributed by atoms with Crippen molar-refractivity contribution in [3.8, 4) is 0 Å². The zero-order valence-corrected chi connectivity index (χ0v) is 16.0. The molecule has 1 unspecified atom stereocenters. The molecule has 1 fully saturated rings. The van der Waals surface area contributed by atoms with Crippen molar-refractivity contribution in [3.05, 3.63) is 47.5 Å². The van der Waals surface area contributed by atoms with E-state index in [4.69, 9.17) is 4.74 Å². The number of carbonyl (C=O) groups is 1. The van der Waals surface area contributed by atoms with Crippen LogP contribution in [-0.4, -0.2) is 45.7 Å². The number of carbonyl (C=O) groups excluding carboxylic acids is 1. The summed E-state index contributed by atoms with van der Waals surface area (Å²) in [6, 6.07) is 6.09. The molecule has 1 saturated heterocycles. The van der Waals surface area contributed by atoms with Crippen LogP contribution in [0.1, 0.15) is 24.2 Å². The minimum Gasteiger partial charge on any atom is -0.377 e. The van der Waals surface area contributed by atoms with Gasteiger partial charge in [0, 0.05) is 38.4 Å². The van der Waals surface area contributed by atoms with Gasteiger partial charge in [-0.2, -0.15) is 0 Å². The maximum absolute atomic E-state index is 13.1. The van der Waals surface area contributed by atoms with Crippen molar-refractivity contribution in [1.82, 2.24) is 20.1 Å². The maximum atomic E-state index is 13.1. The molecule has 0 spiro atoms. The van der Waals surface area contributed by atoms with Gasteiger partial charge in [0.2, 0.25) is 5.91 Å². The molecule has 144 valence electrons. The average molecular weight is 390 g/mol. The van der Waals surface area contributed by atoms with Crippen LogP contribution in [-0.2, 0) is 23.0 Å². The molecule has 2 aromatic rings. The lowest BCUT2D eigenvalue weighted by Gasteiger charge is -2.08. The van der Waals surface area contributed by atoms with E-state index in [9.17, 15) is 9.18 Å². The number of aromatic nitrogens is 3. The highest BCUT2D eigenvalue weighted by Crippen LogP contribution is 2.22. The summed E-state index contributed by atoms with van der Waals surface area (Å²) in [7, 11) is 1.93. The fourth-order valence-electron chi connectivity index (χ4n) is 2.77. The minimum absolute atomic E-state index is 0.227. The molecule has 3 rings (SSSR count). The third-order valence-corrected chi connectivity index (χ3v) is 5.42. The van der Waals surface area contributed by atoms with Crippen molar-refractivity contribution < 1.29 is 13.9 Å². The van der Waals surface area contributed by atoms with Crippen molar-refractivity contribution in [1.29, 1.82) is 0 Å². The summed E-state index contributed by atoms with van der Waals surface area (Å²) in [6.07, 6.45) is 6.10. The average Bonchev–Trinajstić information content (AvgIpc) is 3.29. The highest BCUT2D eigenvalue weighted by molar-refractivity contribution is 7.99. The maximum Gasteiger partial charge on any atom is 0.244 e. The van der Waals surface area contributed by atoms with E-state index in [-0.39, 0.29) is 11.7 Å². The zero-order valence-electron chi connectivity index (χ0n) is 15.2. The second-order valence-corrected chi connectivity index (χ2v) is 7.32. The first-order chi connectivity index (χ1) is 13.1. The predicted molar refractivity (Wildman–Crippen MR) is 103 cm³/mol. The fraction of sp³-hybridized carbons (Fsp3) is 0.421. The lowest BCUT2D eigenvalue weighted by atomic mass is 10.2. The first-order valence-corrected chi connectivity index (χ1v) is 9.94. The molecule has 1 aliphatic heterocycles. The fourth-order valence-corrected chi connectivity index (χ4v) is 3.77. The van der Waals surface area contributed by atoms with Gasteiger partial charge < -0.3 is 14.6 Å². The van der Waals surface area contributed by atoms with Gasteiger partial charge in [0.1, 0.15) is 11.6 Å². The molecular weight excluding hydrogens is 367 g/mol. The standard InChI is InChI=1S/C19H23FN4O2S/c1-24-17(22-23-19(24)27-13-16-6-3-11-26-16)9-10-21-18(25)8-7-14-4-2-5-15(20)12-14/h2,4-5,7-8,12,16H,3,6,9-11,13H2,1H3,(H,21,25). The third kappa shape index (κ3) is 5.90. The number of nitrogens with one attached hydrogen (secondary N) is 1. The number of thioether (sulfide) groups is 1. The Morgan fingerprint density at radius 2 is 2.37 bits per heavy atom. The second kappa shape index (κ2) is 9.66. The molecule has 1 N–H and O–H groups in total. The van der Waals surface area contributed by atoms with Gasteiger partial charge in [-0.1, -0.05) is 23.9 Å². The predicted octanol–water partition coefficient (Wildman–Crippen LogP) is 2.60. The molecule has 1 amide bonds. The summed E-state index contributed by atoms with van der Waals surface area (Å²) < 4.78 is 20.7. The van der Waals surface area contributed by atoms with Crippen molar-refractivity contribution >= 4 is 23.7 Å². The molecule has 1 atom stereocenters. The minimum atomic E-state index is -0.326. The Hall–Kier alpha value is -2.19. The molecule has 1 aliphatic rings. The van der Waals surface area contributed by atoms with E-state index >= 15 is 0 Å². The molecule has 0 aliphatic carbocycles. The summed E-state index contributed by atoms with van der Waals surface area (Å²) in [6.45, 7) is 1.30. The van der Waals surface area contributed by atoms with Crippen LogP contribution in [0.15, 0.2) is 35.5 Å². The van der Waals surface area contributed by atoms with E-state index in [0.717, 1.165) is 36.2 Å². The summed E-state index contributed by atoms with van der Waals surface area (Å²) >= 11 is 1.65. The number of halogens is 1. The smallest absolute Gasteiger partial charge is 0.244 e. The van der Waals surface area contributed by atoms with Gasteiger partial charge in [0.25, 0.3) is 0 Å². The number of nitrogens with zero attached hydrogens (tertiary/aromatic N) is 3. The molecule has 0 radical (unpaired) electrons. The molecule has 1 aromatic carbocycles. The van der Waals surface area contributed by atoms with E-state index in [1.807, 2.05) is 11.6 Å². The van der Waals surface area contributed by atoms with Gasteiger partial charge in [-0.25, -0.2) is 4.39 Å². The Balaban J connectivity index is 1.42. The molecule has 8 heteroatoms. The van der Waals surface area contributed by atoms with Crippen molar-refractivity contribution in [2.45, 2.75) is 30.5 Å². The highest BCUT2D eigenvalue weighted by Gasteiger charge is 2.17. The zero-order chi connectivity index (χ0) is 19.1. The number of amides is 1. The number of rotatable bonds is 8. The number of ether oxygens (including phenoxy) is 1. The van der Waals surface area contributed by atoms with E-state index in [1.54, 1.807) is 30.0 Å². The van der Waals surface area contributed by atoms with Crippen molar-refractivity contribution in [2.75, 3.05) is 18.9 Å². The molecule has 6 nitrogen and oxygen atoms in total. The number of hydrogen-bond donors (Lipinski definition) is 1.